The van der Waals surface area contributed by atoms with Gasteiger partial charge in [-0.2, -0.15) is 0 Å². The molecule has 6 heteroatoms. The number of aryl methyl sites for hydroxylation is 2. The molecule has 2 aromatic rings. The van der Waals surface area contributed by atoms with Gasteiger partial charge in [0.15, 0.2) is 6.04 Å². The van der Waals surface area contributed by atoms with E-state index < -0.39 is 23.5 Å². The van der Waals surface area contributed by atoms with Crippen molar-refractivity contribution in [2.24, 2.45) is 0 Å². The number of nitrogens with zero attached hydrogens (tertiary/aromatic N) is 1. The van der Waals surface area contributed by atoms with Crippen LogP contribution < -0.4 is 5.56 Å². The van der Waals surface area contributed by atoms with Gasteiger partial charge in [0.1, 0.15) is 5.56 Å². The molecule has 0 spiro atoms. The van der Waals surface area contributed by atoms with E-state index in [4.69, 9.17) is 0 Å². The van der Waals surface area contributed by atoms with Crippen molar-refractivity contribution in [3.8, 4) is 0 Å². The van der Waals surface area contributed by atoms with Gasteiger partial charge in [0.2, 0.25) is 0 Å². The Morgan fingerprint density at radius 3 is 2.65 bits per heavy atom. The van der Waals surface area contributed by atoms with Gasteiger partial charge in [-0.25, -0.2) is 4.79 Å². The summed E-state index contributed by atoms with van der Waals surface area (Å²) in [5.41, 5.74) is 3.05. The Hall–Kier alpha value is -2.89. The van der Waals surface area contributed by atoms with Crippen LogP contribution in [0.1, 0.15) is 51.6 Å². The molecule has 2 heterocycles. The summed E-state index contributed by atoms with van der Waals surface area (Å²) >= 11 is 0. The van der Waals surface area contributed by atoms with E-state index >= 15 is 0 Å². The fraction of sp³-hybridized carbons (Fsp3) is 0.350. The third-order valence-electron chi connectivity index (χ3n) is 5.35. The Labute approximate surface area is 150 Å². The number of fused-ring (bicyclic) bond motifs is 2. The minimum atomic E-state index is -1.08. The molecule has 1 aromatic carbocycles. The Morgan fingerprint density at radius 1 is 1.08 bits per heavy atom. The normalized spacial score (nSPS) is 18.8. The molecule has 2 N–H and O–H groups in total. The summed E-state index contributed by atoms with van der Waals surface area (Å²) < 4.78 is 0. The molecular formula is C20H20N2O4. The third kappa shape index (κ3) is 2.71. The van der Waals surface area contributed by atoms with Crippen LogP contribution in [0.2, 0.25) is 0 Å². The quantitative estimate of drug-likeness (QED) is 0.866. The molecule has 1 unspecified atom stereocenters. The van der Waals surface area contributed by atoms with E-state index in [1.807, 2.05) is 12.1 Å². The molecule has 26 heavy (non-hydrogen) atoms. The molecule has 1 atom stereocenters. The zero-order chi connectivity index (χ0) is 18.3. The standard InChI is InChI=1S/C20H20N2O4/c23-18-15(11-13-6-2-4-8-16(13)21-18)19(24)22-10-9-12-5-1-3-7-14(12)17(22)20(25)26/h1,3,5,7,11,17H,2,4,6,8-10H2,(H,21,23)(H,25,26). The molecule has 2 aliphatic rings. The van der Waals surface area contributed by atoms with Gasteiger partial charge < -0.3 is 15.0 Å². The molecule has 134 valence electrons. The fourth-order valence-electron chi connectivity index (χ4n) is 4.04. The first-order valence-electron chi connectivity index (χ1n) is 8.93. The number of nitrogens with one attached hydrogen (secondary N) is 1. The van der Waals surface area contributed by atoms with Crippen molar-refractivity contribution < 1.29 is 14.7 Å². The topological polar surface area (TPSA) is 90.5 Å². The number of pyridine rings is 1. The molecular weight excluding hydrogens is 332 g/mol. The van der Waals surface area contributed by atoms with Crippen LogP contribution in [0.3, 0.4) is 0 Å². The van der Waals surface area contributed by atoms with E-state index in [0.717, 1.165) is 42.5 Å². The highest BCUT2D eigenvalue weighted by Crippen LogP contribution is 2.31. The second-order valence-electron chi connectivity index (χ2n) is 6.91. The van der Waals surface area contributed by atoms with Gasteiger partial charge >= 0.3 is 5.97 Å². The maximum atomic E-state index is 13.1. The average molecular weight is 352 g/mol. The number of hydrogen-bond acceptors (Lipinski definition) is 3. The Balaban J connectivity index is 1.74. The number of benzene rings is 1. The van der Waals surface area contributed by atoms with Crippen molar-refractivity contribution in [2.45, 2.75) is 38.1 Å². The zero-order valence-corrected chi connectivity index (χ0v) is 14.3. The molecule has 1 aliphatic carbocycles. The maximum Gasteiger partial charge on any atom is 0.331 e. The summed E-state index contributed by atoms with van der Waals surface area (Å²) in [5.74, 6) is -1.60. The number of carbonyl (C=O) groups is 2. The number of aromatic nitrogens is 1. The maximum absolute atomic E-state index is 13.1. The lowest BCUT2D eigenvalue weighted by molar-refractivity contribution is -0.143. The van der Waals surface area contributed by atoms with Gasteiger partial charge in [0, 0.05) is 12.2 Å². The summed E-state index contributed by atoms with van der Waals surface area (Å²) in [4.78, 5) is 41.6. The molecule has 1 aromatic heterocycles. The molecule has 4 rings (SSSR count). The Kier molecular flexibility index (Phi) is 4.11. The van der Waals surface area contributed by atoms with Crippen LogP contribution in [0, 0.1) is 0 Å². The van der Waals surface area contributed by atoms with Crippen LogP contribution >= 0.6 is 0 Å². The number of amides is 1. The summed E-state index contributed by atoms with van der Waals surface area (Å²) in [7, 11) is 0. The lowest BCUT2D eigenvalue weighted by Gasteiger charge is -2.34. The highest BCUT2D eigenvalue weighted by atomic mass is 16.4. The Bertz CT molecular complexity index is 947. The fourth-order valence-corrected chi connectivity index (χ4v) is 4.04. The number of carbonyl (C=O) groups excluding carboxylic acids is 1. The number of aromatic amines is 1. The molecule has 0 radical (unpaired) electrons. The minimum Gasteiger partial charge on any atom is -0.479 e. The molecule has 0 saturated heterocycles. The number of carboxylic acid groups (broad SMARTS) is 1. The van der Waals surface area contributed by atoms with Gasteiger partial charge in [-0.3, -0.25) is 9.59 Å². The van der Waals surface area contributed by atoms with Gasteiger partial charge in [-0.15, -0.1) is 0 Å². The number of rotatable bonds is 2. The predicted molar refractivity (Wildman–Crippen MR) is 95.3 cm³/mol. The second kappa shape index (κ2) is 6.44. The van der Waals surface area contributed by atoms with Crippen molar-refractivity contribution in [3.05, 3.63) is 68.6 Å². The van der Waals surface area contributed by atoms with Gasteiger partial charge in [-0.05, 0) is 54.9 Å². The van der Waals surface area contributed by atoms with Crippen LogP contribution in [0.5, 0.6) is 0 Å². The van der Waals surface area contributed by atoms with Crippen molar-refractivity contribution in [2.75, 3.05) is 6.54 Å². The Morgan fingerprint density at radius 2 is 1.85 bits per heavy atom. The molecule has 1 amide bonds. The number of hydrogen-bond donors (Lipinski definition) is 2. The molecule has 1 aliphatic heterocycles. The van der Waals surface area contributed by atoms with Crippen LogP contribution in [-0.2, 0) is 24.1 Å². The monoisotopic (exact) mass is 352 g/mol. The average Bonchev–Trinajstić information content (AvgIpc) is 2.65. The van der Waals surface area contributed by atoms with E-state index in [0.29, 0.717) is 12.0 Å². The van der Waals surface area contributed by atoms with Crippen LogP contribution in [0.25, 0.3) is 0 Å². The van der Waals surface area contributed by atoms with E-state index in [9.17, 15) is 19.5 Å². The van der Waals surface area contributed by atoms with Crippen molar-refractivity contribution >= 4 is 11.9 Å². The smallest absolute Gasteiger partial charge is 0.331 e. The number of H-pyrrole nitrogens is 1. The van der Waals surface area contributed by atoms with Crippen molar-refractivity contribution in [1.82, 2.24) is 9.88 Å². The zero-order valence-electron chi connectivity index (χ0n) is 14.3. The number of carboxylic acids is 1. The SMILES string of the molecule is O=C(O)C1c2ccccc2CCN1C(=O)c1cc2c([nH]c1=O)CCCC2. The van der Waals surface area contributed by atoms with E-state index in [2.05, 4.69) is 4.98 Å². The molecule has 6 nitrogen and oxygen atoms in total. The van der Waals surface area contributed by atoms with Crippen LogP contribution in [-0.4, -0.2) is 33.4 Å². The minimum absolute atomic E-state index is 0.0382. The van der Waals surface area contributed by atoms with E-state index in [1.54, 1.807) is 18.2 Å². The van der Waals surface area contributed by atoms with E-state index in [-0.39, 0.29) is 12.1 Å². The van der Waals surface area contributed by atoms with E-state index in [1.165, 1.54) is 4.90 Å². The molecule has 0 bridgehead atoms. The van der Waals surface area contributed by atoms with Gasteiger partial charge in [0.05, 0.1) is 0 Å². The summed E-state index contributed by atoms with van der Waals surface area (Å²) in [6.07, 6.45) is 4.28. The first-order valence-corrected chi connectivity index (χ1v) is 8.93. The van der Waals surface area contributed by atoms with Gasteiger partial charge in [0.25, 0.3) is 11.5 Å². The third-order valence-corrected chi connectivity index (χ3v) is 5.35. The summed E-state index contributed by atoms with van der Waals surface area (Å²) in [5, 5.41) is 9.73. The highest BCUT2D eigenvalue weighted by Gasteiger charge is 2.37. The van der Waals surface area contributed by atoms with Crippen LogP contribution in [0.4, 0.5) is 0 Å². The first-order chi connectivity index (χ1) is 12.6. The first kappa shape index (κ1) is 16.6. The second-order valence-corrected chi connectivity index (χ2v) is 6.91. The summed E-state index contributed by atoms with van der Waals surface area (Å²) in [6.45, 7) is 0.281. The summed E-state index contributed by atoms with van der Waals surface area (Å²) in [6, 6.07) is 7.86. The predicted octanol–water partition coefficient (Wildman–Crippen LogP) is 2.08. The number of aliphatic carboxylic acids is 1. The van der Waals surface area contributed by atoms with Gasteiger partial charge in [-0.1, -0.05) is 24.3 Å². The van der Waals surface area contributed by atoms with Crippen LogP contribution in [0.15, 0.2) is 35.1 Å². The highest BCUT2D eigenvalue weighted by molar-refractivity contribution is 5.97. The van der Waals surface area contributed by atoms with Crippen molar-refractivity contribution in [3.63, 3.8) is 0 Å². The molecule has 0 fully saturated rings. The largest absolute Gasteiger partial charge is 0.479 e. The molecule has 0 saturated carbocycles. The lowest BCUT2D eigenvalue weighted by Crippen LogP contribution is -2.45. The van der Waals surface area contributed by atoms with Crippen molar-refractivity contribution in [1.29, 1.82) is 0 Å². The lowest BCUT2D eigenvalue weighted by atomic mass is 9.91.